The summed E-state index contributed by atoms with van der Waals surface area (Å²) in [6, 6.07) is 5.98. The normalized spacial score (nSPS) is 10.6. The van der Waals surface area contributed by atoms with Crippen LogP contribution in [0.15, 0.2) is 18.2 Å². The van der Waals surface area contributed by atoms with Crippen LogP contribution in [-0.4, -0.2) is 32.2 Å². The highest BCUT2D eigenvalue weighted by molar-refractivity contribution is 6.06. The monoisotopic (exact) mass is 232 g/mol. The van der Waals surface area contributed by atoms with Crippen molar-refractivity contribution in [1.29, 1.82) is 0 Å². The number of fused-ring (bicyclic) bond motifs is 1. The highest BCUT2D eigenvalue weighted by atomic mass is 16.5. The van der Waals surface area contributed by atoms with E-state index in [-0.39, 0.29) is 5.97 Å². The molecular formula is C13H16N2O2. The average Bonchev–Trinajstić information content (AvgIpc) is 2.62. The lowest BCUT2D eigenvalue weighted by Gasteiger charge is -2.12. The average molecular weight is 232 g/mol. The Morgan fingerprint density at radius 3 is 2.65 bits per heavy atom. The molecular weight excluding hydrogens is 216 g/mol. The molecule has 1 aromatic carbocycles. The smallest absolute Gasteiger partial charge is 0.340 e. The van der Waals surface area contributed by atoms with Crippen molar-refractivity contribution in [3.05, 3.63) is 29.5 Å². The Morgan fingerprint density at radius 2 is 2.06 bits per heavy atom. The molecule has 2 aromatic rings. The molecule has 0 saturated carbocycles. The molecule has 90 valence electrons. The van der Waals surface area contributed by atoms with E-state index < -0.39 is 0 Å². The number of rotatable bonds is 2. The highest BCUT2D eigenvalue weighted by Gasteiger charge is 2.16. The van der Waals surface area contributed by atoms with Crippen LogP contribution in [0.1, 0.15) is 16.1 Å². The first-order valence-electron chi connectivity index (χ1n) is 5.42. The third-order valence-corrected chi connectivity index (χ3v) is 2.88. The topological polar surface area (TPSA) is 45.3 Å². The number of hydrogen-bond acceptors (Lipinski definition) is 3. The number of methoxy groups -OCH3 is 1. The molecule has 4 nitrogen and oxygen atoms in total. The lowest BCUT2D eigenvalue weighted by Crippen LogP contribution is -2.08. The fourth-order valence-corrected chi connectivity index (χ4v) is 1.96. The van der Waals surface area contributed by atoms with Gasteiger partial charge in [0.15, 0.2) is 0 Å². The van der Waals surface area contributed by atoms with Gasteiger partial charge in [-0.05, 0) is 25.1 Å². The number of aromatic nitrogens is 1. The third kappa shape index (κ3) is 1.86. The maximum atomic E-state index is 11.7. The molecule has 0 aliphatic rings. The standard InChI is InChI=1S/C13H16N2O2/c1-8-12(13(16)17-4)10-7-9(15(2)3)5-6-11(10)14-8/h5-7,14H,1-4H3. The molecule has 0 aliphatic carbocycles. The van der Waals surface area contributed by atoms with E-state index >= 15 is 0 Å². The Morgan fingerprint density at radius 1 is 1.35 bits per heavy atom. The van der Waals surface area contributed by atoms with E-state index in [2.05, 4.69) is 4.98 Å². The summed E-state index contributed by atoms with van der Waals surface area (Å²) in [5, 5.41) is 0.903. The van der Waals surface area contributed by atoms with Gasteiger partial charge in [-0.25, -0.2) is 4.79 Å². The Balaban J connectivity index is 2.69. The van der Waals surface area contributed by atoms with Crippen molar-refractivity contribution in [2.45, 2.75) is 6.92 Å². The van der Waals surface area contributed by atoms with E-state index in [1.807, 2.05) is 44.1 Å². The van der Waals surface area contributed by atoms with Crippen molar-refractivity contribution in [2.24, 2.45) is 0 Å². The van der Waals surface area contributed by atoms with Gasteiger partial charge in [-0.2, -0.15) is 0 Å². The van der Waals surface area contributed by atoms with Crippen molar-refractivity contribution in [3.8, 4) is 0 Å². The molecule has 0 fully saturated rings. The minimum Gasteiger partial charge on any atom is -0.465 e. The number of carbonyl (C=O) groups excluding carboxylic acids is 1. The number of H-pyrrole nitrogens is 1. The summed E-state index contributed by atoms with van der Waals surface area (Å²) in [4.78, 5) is 16.9. The Hall–Kier alpha value is -1.97. The van der Waals surface area contributed by atoms with E-state index in [0.717, 1.165) is 22.3 Å². The summed E-state index contributed by atoms with van der Waals surface area (Å²) in [6.45, 7) is 1.88. The summed E-state index contributed by atoms with van der Waals surface area (Å²) in [6.07, 6.45) is 0. The molecule has 0 spiro atoms. The van der Waals surface area contributed by atoms with Gasteiger partial charge < -0.3 is 14.6 Å². The summed E-state index contributed by atoms with van der Waals surface area (Å²) in [5.74, 6) is -0.301. The van der Waals surface area contributed by atoms with Gasteiger partial charge in [0, 0.05) is 36.4 Å². The molecule has 1 heterocycles. The lowest BCUT2D eigenvalue weighted by molar-refractivity contribution is 0.0602. The van der Waals surface area contributed by atoms with Gasteiger partial charge in [0.25, 0.3) is 0 Å². The first-order chi connectivity index (χ1) is 8.04. The van der Waals surface area contributed by atoms with Crippen molar-refractivity contribution >= 4 is 22.6 Å². The largest absolute Gasteiger partial charge is 0.465 e. The fourth-order valence-electron chi connectivity index (χ4n) is 1.96. The minimum absolute atomic E-state index is 0.301. The number of benzene rings is 1. The summed E-state index contributed by atoms with van der Waals surface area (Å²) in [7, 11) is 5.34. The van der Waals surface area contributed by atoms with Crippen molar-refractivity contribution in [3.63, 3.8) is 0 Å². The predicted molar refractivity (Wildman–Crippen MR) is 68.7 cm³/mol. The van der Waals surface area contributed by atoms with Crippen LogP contribution in [0.5, 0.6) is 0 Å². The Kier molecular flexibility index (Phi) is 2.79. The van der Waals surface area contributed by atoms with Gasteiger partial charge in [-0.1, -0.05) is 0 Å². The number of hydrogen-bond donors (Lipinski definition) is 1. The zero-order chi connectivity index (χ0) is 12.6. The van der Waals surface area contributed by atoms with Crippen LogP contribution in [0.25, 0.3) is 10.9 Å². The molecule has 4 heteroatoms. The third-order valence-electron chi connectivity index (χ3n) is 2.88. The minimum atomic E-state index is -0.301. The van der Waals surface area contributed by atoms with Crippen molar-refractivity contribution < 1.29 is 9.53 Å². The van der Waals surface area contributed by atoms with Gasteiger partial charge in [-0.3, -0.25) is 0 Å². The second kappa shape index (κ2) is 4.13. The lowest BCUT2D eigenvalue weighted by atomic mass is 10.1. The summed E-state index contributed by atoms with van der Waals surface area (Å²) in [5.41, 5.74) is 3.46. The number of nitrogens with one attached hydrogen (secondary N) is 1. The van der Waals surface area contributed by atoms with Gasteiger partial charge in [0.1, 0.15) is 0 Å². The first kappa shape index (κ1) is 11.5. The van der Waals surface area contributed by atoms with Crippen LogP contribution in [0.3, 0.4) is 0 Å². The van der Waals surface area contributed by atoms with Gasteiger partial charge >= 0.3 is 5.97 Å². The molecule has 1 N–H and O–H groups in total. The first-order valence-corrected chi connectivity index (χ1v) is 5.42. The van der Waals surface area contributed by atoms with E-state index in [1.165, 1.54) is 7.11 Å². The second-order valence-corrected chi connectivity index (χ2v) is 4.24. The van der Waals surface area contributed by atoms with Crippen LogP contribution in [0.2, 0.25) is 0 Å². The molecule has 0 unspecified atom stereocenters. The van der Waals surface area contributed by atoms with Gasteiger partial charge in [-0.15, -0.1) is 0 Å². The molecule has 1 aromatic heterocycles. The van der Waals surface area contributed by atoms with E-state index in [4.69, 9.17) is 4.74 Å². The molecule has 0 atom stereocenters. The van der Waals surface area contributed by atoms with Crippen LogP contribution in [-0.2, 0) is 4.74 Å². The van der Waals surface area contributed by atoms with Crippen molar-refractivity contribution in [1.82, 2.24) is 4.98 Å². The molecule has 0 bridgehead atoms. The zero-order valence-electron chi connectivity index (χ0n) is 10.5. The molecule has 0 radical (unpaired) electrons. The Labute approximate surface area is 100 Å². The molecule has 17 heavy (non-hydrogen) atoms. The number of anilines is 1. The van der Waals surface area contributed by atoms with Gasteiger partial charge in [0.2, 0.25) is 0 Å². The predicted octanol–water partition coefficient (Wildman–Crippen LogP) is 2.33. The number of aryl methyl sites for hydroxylation is 1. The van der Waals surface area contributed by atoms with Crippen LogP contribution in [0, 0.1) is 6.92 Å². The zero-order valence-corrected chi connectivity index (χ0v) is 10.5. The highest BCUT2D eigenvalue weighted by Crippen LogP contribution is 2.26. The number of nitrogens with zero attached hydrogens (tertiary/aromatic N) is 1. The number of carbonyl (C=O) groups is 1. The van der Waals surface area contributed by atoms with Crippen LogP contribution < -0.4 is 4.90 Å². The maximum absolute atomic E-state index is 11.7. The number of aromatic amines is 1. The van der Waals surface area contributed by atoms with Crippen LogP contribution in [0.4, 0.5) is 5.69 Å². The van der Waals surface area contributed by atoms with E-state index in [9.17, 15) is 4.79 Å². The molecule has 0 aliphatic heterocycles. The van der Waals surface area contributed by atoms with Gasteiger partial charge in [0.05, 0.1) is 12.7 Å². The fraction of sp³-hybridized carbons (Fsp3) is 0.308. The molecule has 0 saturated heterocycles. The Bertz CT molecular complexity index is 570. The van der Waals surface area contributed by atoms with Crippen molar-refractivity contribution in [2.75, 3.05) is 26.1 Å². The van der Waals surface area contributed by atoms with E-state index in [1.54, 1.807) is 0 Å². The SMILES string of the molecule is COC(=O)c1c(C)[nH]c2ccc(N(C)C)cc12. The summed E-state index contributed by atoms with van der Waals surface area (Å²) < 4.78 is 4.81. The maximum Gasteiger partial charge on any atom is 0.340 e. The quantitative estimate of drug-likeness (QED) is 0.808. The van der Waals surface area contributed by atoms with Crippen LogP contribution >= 0.6 is 0 Å². The number of ether oxygens (including phenoxy) is 1. The van der Waals surface area contributed by atoms with E-state index in [0.29, 0.717) is 5.56 Å². The number of esters is 1. The summed E-state index contributed by atoms with van der Waals surface area (Å²) >= 11 is 0. The molecule has 2 rings (SSSR count). The molecule has 0 amide bonds. The second-order valence-electron chi connectivity index (χ2n) is 4.24.